The van der Waals surface area contributed by atoms with Gasteiger partial charge in [0, 0.05) is 13.0 Å². The standard InChI is InChI=1S/C26H26N2O5S/c1-34(31,32)28-17-22-15-9-8-14-21(22)16-23(28)26(30)33-18-24(29)27-25(19-10-4-2-5-11-19)20-12-6-3-7-13-20/h2-15,23,25H,16-18H2,1H3,(H,27,29)/t23-/m1/s1. The van der Waals surface area contributed by atoms with E-state index in [0.29, 0.717) is 0 Å². The number of nitrogens with zero attached hydrogens (tertiary/aromatic N) is 1. The molecule has 0 aliphatic carbocycles. The van der Waals surface area contributed by atoms with E-state index in [-0.39, 0.29) is 13.0 Å². The van der Waals surface area contributed by atoms with Crippen molar-refractivity contribution in [3.8, 4) is 0 Å². The number of ether oxygens (including phenoxy) is 1. The van der Waals surface area contributed by atoms with E-state index in [4.69, 9.17) is 4.74 Å². The van der Waals surface area contributed by atoms with Crippen molar-refractivity contribution in [1.82, 2.24) is 9.62 Å². The number of fused-ring (bicyclic) bond motifs is 1. The summed E-state index contributed by atoms with van der Waals surface area (Å²) in [5.41, 5.74) is 3.52. The molecule has 1 aliphatic rings. The van der Waals surface area contributed by atoms with E-state index in [0.717, 1.165) is 32.8 Å². The van der Waals surface area contributed by atoms with Gasteiger partial charge in [0.05, 0.1) is 12.3 Å². The summed E-state index contributed by atoms with van der Waals surface area (Å²) in [6.45, 7) is -0.421. The molecule has 0 fully saturated rings. The number of hydrogen-bond acceptors (Lipinski definition) is 5. The molecule has 1 amide bonds. The van der Waals surface area contributed by atoms with Gasteiger partial charge < -0.3 is 10.1 Å². The molecule has 0 unspecified atom stereocenters. The van der Waals surface area contributed by atoms with Crippen LogP contribution in [0.5, 0.6) is 0 Å². The lowest BCUT2D eigenvalue weighted by molar-refractivity contribution is -0.152. The largest absolute Gasteiger partial charge is 0.454 e. The maximum atomic E-state index is 12.9. The third-order valence-corrected chi connectivity index (χ3v) is 7.06. The van der Waals surface area contributed by atoms with Gasteiger partial charge in [-0.1, -0.05) is 84.9 Å². The minimum absolute atomic E-state index is 0.0884. The van der Waals surface area contributed by atoms with Crippen LogP contribution < -0.4 is 5.32 Å². The van der Waals surface area contributed by atoms with Crippen LogP contribution in [-0.4, -0.2) is 43.5 Å². The van der Waals surface area contributed by atoms with E-state index in [1.54, 1.807) is 0 Å². The molecule has 0 radical (unpaired) electrons. The van der Waals surface area contributed by atoms with E-state index in [1.807, 2.05) is 84.9 Å². The quantitative estimate of drug-likeness (QED) is 0.527. The van der Waals surface area contributed by atoms with Crippen LogP contribution >= 0.6 is 0 Å². The Balaban J connectivity index is 1.46. The first kappa shape index (κ1) is 23.7. The number of rotatable bonds is 7. The highest BCUT2D eigenvalue weighted by molar-refractivity contribution is 7.88. The Morgan fingerprint density at radius 2 is 1.44 bits per heavy atom. The highest BCUT2D eigenvalue weighted by atomic mass is 32.2. The van der Waals surface area contributed by atoms with Crippen molar-refractivity contribution in [2.45, 2.75) is 25.0 Å². The zero-order valence-corrected chi connectivity index (χ0v) is 19.6. The van der Waals surface area contributed by atoms with Gasteiger partial charge in [0.15, 0.2) is 6.61 Å². The van der Waals surface area contributed by atoms with Gasteiger partial charge in [0.2, 0.25) is 10.0 Å². The number of nitrogens with one attached hydrogen (secondary N) is 1. The Morgan fingerprint density at radius 1 is 0.912 bits per heavy atom. The van der Waals surface area contributed by atoms with Gasteiger partial charge in [0.1, 0.15) is 6.04 Å². The summed E-state index contributed by atoms with van der Waals surface area (Å²) in [4.78, 5) is 25.6. The molecule has 0 bridgehead atoms. The van der Waals surface area contributed by atoms with Crippen LogP contribution in [0.3, 0.4) is 0 Å². The Kier molecular flexibility index (Phi) is 7.09. The lowest BCUT2D eigenvalue weighted by Gasteiger charge is -2.33. The molecule has 0 saturated carbocycles. The summed E-state index contributed by atoms with van der Waals surface area (Å²) < 4.78 is 31.1. The van der Waals surface area contributed by atoms with Gasteiger partial charge in [-0.15, -0.1) is 0 Å². The third-order valence-electron chi connectivity index (χ3n) is 5.82. The molecular formula is C26H26N2O5S. The average Bonchev–Trinajstić information content (AvgIpc) is 2.85. The minimum Gasteiger partial charge on any atom is -0.454 e. The first-order chi connectivity index (χ1) is 16.3. The molecule has 8 heteroatoms. The predicted molar refractivity (Wildman–Crippen MR) is 128 cm³/mol. The fourth-order valence-corrected chi connectivity index (χ4v) is 5.13. The average molecular weight is 479 g/mol. The monoisotopic (exact) mass is 478 g/mol. The van der Waals surface area contributed by atoms with E-state index < -0.39 is 40.6 Å². The van der Waals surface area contributed by atoms with Crippen molar-refractivity contribution in [2.75, 3.05) is 12.9 Å². The van der Waals surface area contributed by atoms with Crippen molar-refractivity contribution in [2.24, 2.45) is 0 Å². The van der Waals surface area contributed by atoms with Crippen LogP contribution in [0.15, 0.2) is 84.9 Å². The van der Waals surface area contributed by atoms with E-state index in [9.17, 15) is 18.0 Å². The molecule has 176 valence electrons. The second-order valence-corrected chi connectivity index (χ2v) is 10.2. The second-order valence-electron chi connectivity index (χ2n) is 8.23. The summed E-state index contributed by atoms with van der Waals surface area (Å²) in [6, 6.07) is 24.9. The maximum absolute atomic E-state index is 12.9. The van der Waals surface area contributed by atoms with Crippen LogP contribution in [-0.2, 0) is 37.3 Å². The lowest BCUT2D eigenvalue weighted by atomic mass is 9.96. The first-order valence-corrected chi connectivity index (χ1v) is 12.8. The van der Waals surface area contributed by atoms with Crippen LogP contribution in [0.1, 0.15) is 28.3 Å². The van der Waals surface area contributed by atoms with Crippen molar-refractivity contribution in [3.05, 3.63) is 107 Å². The molecule has 3 aromatic rings. The topological polar surface area (TPSA) is 92.8 Å². The highest BCUT2D eigenvalue weighted by Crippen LogP contribution is 2.26. The molecular weight excluding hydrogens is 452 g/mol. The second kappa shape index (κ2) is 10.2. The molecule has 0 aromatic heterocycles. The zero-order valence-electron chi connectivity index (χ0n) is 18.8. The van der Waals surface area contributed by atoms with Crippen LogP contribution in [0.4, 0.5) is 0 Å². The van der Waals surface area contributed by atoms with Crippen molar-refractivity contribution in [1.29, 1.82) is 0 Å². The fourth-order valence-electron chi connectivity index (χ4n) is 4.13. The Bertz CT molecular complexity index is 1220. The Hall–Kier alpha value is -3.49. The number of carbonyl (C=O) groups is 2. The first-order valence-electron chi connectivity index (χ1n) is 10.9. The summed E-state index contributed by atoms with van der Waals surface area (Å²) in [5, 5.41) is 2.92. The molecule has 3 aromatic carbocycles. The molecule has 1 N–H and O–H groups in total. The van der Waals surface area contributed by atoms with Gasteiger partial charge in [-0.2, -0.15) is 4.31 Å². The van der Waals surface area contributed by atoms with Gasteiger partial charge in [-0.3, -0.25) is 9.59 Å². The van der Waals surface area contributed by atoms with Gasteiger partial charge in [0.25, 0.3) is 5.91 Å². The van der Waals surface area contributed by atoms with E-state index in [2.05, 4.69) is 5.32 Å². The number of sulfonamides is 1. The summed E-state index contributed by atoms with van der Waals surface area (Å²) in [6.07, 6.45) is 1.26. The number of carbonyl (C=O) groups excluding carboxylic acids is 2. The smallest absolute Gasteiger partial charge is 0.325 e. The third kappa shape index (κ3) is 5.52. The lowest BCUT2D eigenvalue weighted by Crippen LogP contribution is -2.49. The normalized spacial score (nSPS) is 16.0. The van der Waals surface area contributed by atoms with Gasteiger partial charge >= 0.3 is 5.97 Å². The van der Waals surface area contributed by atoms with E-state index in [1.165, 1.54) is 0 Å². The maximum Gasteiger partial charge on any atom is 0.325 e. The number of hydrogen-bond donors (Lipinski definition) is 1. The van der Waals surface area contributed by atoms with Crippen molar-refractivity contribution >= 4 is 21.9 Å². The van der Waals surface area contributed by atoms with Crippen LogP contribution in [0, 0.1) is 0 Å². The van der Waals surface area contributed by atoms with Crippen molar-refractivity contribution in [3.63, 3.8) is 0 Å². The van der Waals surface area contributed by atoms with Crippen molar-refractivity contribution < 1.29 is 22.7 Å². The zero-order chi connectivity index (χ0) is 24.1. The Labute approximate surface area is 199 Å². The van der Waals surface area contributed by atoms with Gasteiger partial charge in [-0.25, -0.2) is 8.42 Å². The SMILES string of the molecule is CS(=O)(=O)N1Cc2ccccc2C[C@@H]1C(=O)OCC(=O)NC(c1ccccc1)c1ccccc1. The van der Waals surface area contributed by atoms with Crippen LogP contribution in [0.25, 0.3) is 0 Å². The summed E-state index contributed by atoms with van der Waals surface area (Å²) >= 11 is 0. The molecule has 1 atom stereocenters. The van der Waals surface area contributed by atoms with E-state index >= 15 is 0 Å². The molecule has 1 aliphatic heterocycles. The van der Waals surface area contributed by atoms with Crippen LogP contribution in [0.2, 0.25) is 0 Å². The molecule has 4 rings (SSSR count). The summed E-state index contributed by atoms with van der Waals surface area (Å²) in [7, 11) is -3.66. The molecule has 1 heterocycles. The molecule has 0 saturated heterocycles. The number of benzene rings is 3. The highest BCUT2D eigenvalue weighted by Gasteiger charge is 2.38. The molecule has 0 spiro atoms. The minimum atomic E-state index is -3.66. The number of esters is 1. The number of amides is 1. The molecule has 7 nitrogen and oxygen atoms in total. The fraction of sp³-hybridized carbons (Fsp3) is 0.231. The predicted octanol–water partition coefficient (Wildman–Crippen LogP) is 2.82. The summed E-state index contributed by atoms with van der Waals surface area (Å²) in [5.74, 6) is -1.22. The van der Waals surface area contributed by atoms with Gasteiger partial charge in [-0.05, 0) is 22.3 Å². The molecule has 34 heavy (non-hydrogen) atoms. The Morgan fingerprint density at radius 3 is 2.00 bits per heavy atom.